The summed E-state index contributed by atoms with van der Waals surface area (Å²) in [6.45, 7) is 1.80. The maximum atomic E-state index is 12.7. The Labute approximate surface area is 171 Å². The number of ether oxygens (including phenoxy) is 1. The molecule has 0 aliphatic carbocycles. The van der Waals surface area contributed by atoms with Crippen molar-refractivity contribution >= 4 is 39.1 Å². The molecule has 0 heterocycles. The minimum absolute atomic E-state index is 0.145. The van der Waals surface area contributed by atoms with Gasteiger partial charge in [-0.05, 0) is 54.1 Å². The van der Waals surface area contributed by atoms with E-state index in [0.29, 0.717) is 29.3 Å². The summed E-state index contributed by atoms with van der Waals surface area (Å²) in [5.41, 5.74) is 2.74. The largest absolute Gasteiger partial charge is 0.488 e. The summed E-state index contributed by atoms with van der Waals surface area (Å²) >= 11 is 3.44. The van der Waals surface area contributed by atoms with Gasteiger partial charge in [-0.25, -0.2) is 0 Å². The predicted octanol–water partition coefficient (Wildman–Crippen LogP) is 5.24. The zero-order valence-electron chi connectivity index (χ0n) is 15.2. The van der Waals surface area contributed by atoms with Crippen molar-refractivity contribution in [3.8, 4) is 5.75 Å². The number of amides is 2. The Morgan fingerprint density at radius 3 is 2.25 bits per heavy atom. The number of nitrogens with one attached hydrogen (secondary N) is 2. The van der Waals surface area contributed by atoms with Crippen LogP contribution in [0.15, 0.2) is 77.3 Å². The lowest BCUT2D eigenvalue weighted by atomic mass is 10.1. The van der Waals surface area contributed by atoms with Crippen LogP contribution in [-0.2, 0) is 11.4 Å². The molecule has 2 N–H and O–H groups in total. The summed E-state index contributed by atoms with van der Waals surface area (Å²) in [5.74, 6) is 0.0975. The van der Waals surface area contributed by atoms with E-state index in [9.17, 15) is 9.59 Å². The topological polar surface area (TPSA) is 67.4 Å². The molecule has 0 aliphatic rings. The van der Waals surface area contributed by atoms with E-state index in [1.54, 1.807) is 42.5 Å². The highest BCUT2D eigenvalue weighted by atomic mass is 79.9. The third-order valence-electron chi connectivity index (χ3n) is 3.88. The third kappa shape index (κ3) is 5.44. The fourth-order valence-corrected chi connectivity index (χ4v) is 3.05. The van der Waals surface area contributed by atoms with Crippen molar-refractivity contribution in [2.75, 3.05) is 10.6 Å². The number of rotatable bonds is 6. The van der Waals surface area contributed by atoms with Gasteiger partial charge in [0.1, 0.15) is 12.4 Å². The number of halogens is 1. The first-order valence-corrected chi connectivity index (χ1v) is 9.46. The maximum Gasteiger partial charge on any atom is 0.259 e. The van der Waals surface area contributed by atoms with Crippen LogP contribution < -0.4 is 15.4 Å². The Bertz CT molecular complexity index is 987. The molecule has 0 radical (unpaired) electrons. The number of benzene rings is 3. The number of para-hydroxylation sites is 1. The molecule has 0 spiro atoms. The average molecular weight is 439 g/mol. The van der Waals surface area contributed by atoms with E-state index >= 15 is 0 Å². The summed E-state index contributed by atoms with van der Waals surface area (Å²) in [6.07, 6.45) is 0. The highest BCUT2D eigenvalue weighted by molar-refractivity contribution is 9.10. The van der Waals surface area contributed by atoms with E-state index in [1.165, 1.54) is 6.92 Å². The number of carbonyl (C=O) groups excluding carboxylic acids is 2. The second-order valence-corrected chi connectivity index (χ2v) is 7.04. The predicted molar refractivity (Wildman–Crippen MR) is 114 cm³/mol. The van der Waals surface area contributed by atoms with Crippen LogP contribution in [-0.4, -0.2) is 11.8 Å². The van der Waals surface area contributed by atoms with Gasteiger partial charge in [-0.2, -0.15) is 0 Å². The summed E-state index contributed by atoms with van der Waals surface area (Å²) in [5, 5.41) is 5.53. The number of hydrogen-bond acceptors (Lipinski definition) is 3. The van der Waals surface area contributed by atoms with Crippen LogP contribution in [0.3, 0.4) is 0 Å². The molecule has 0 unspecified atom stereocenters. The average Bonchev–Trinajstić information content (AvgIpc) is 2.68. The molecule has 3 aromatic rings. The first kappa shape index (κ1) is 19.6. The lowest BCUT2D eigenvalue weighted by Gasteiger charge is -2.12. The lowest BCUT2D eigenvalue weighted by molar-refractivity contribution is -0.114. The minimum Gasteiger partial charge on any atom is -0.488 e. The standard InChI is InChI=1S/C22H19BrN2O3/c1-15(26)24-18-9-11-19(12-10-18)25-22(27)20-7-2-3-8-21(20)28-14-16-5-4-6-17(23)13-16/h2-13H,14H2,1H3,(H,24,26)(H,25,27). The van der Waals surface area contributed by atoms with Crippen LogP contribution in [0.2, 0.25) is 0 Å². The molecule has 6 heteroatoms. The van der Waals surface area contributed by atoms with Crippen LogP contribution in [0.4, 0.5) is 11.4 Å². The zero-order chi connectivity index (χ0) is 19.9. The molecule has 3 aromatic carbocycles. The smallest absolute Gasteiger partial charge is 0.259 e. The first-order chi connectivity index (χ1) is 13.5. The van der Waals surface area contributed by atoms with Gasteiger partial charge in [-0.15, -0.1) is 0 Å². The zero-order valence-corrected chi connectivity index (χ0v) is 16.8. The minimum atomic E-state index is -0.267. The molecule has 0 saturated heterocycles. The summed E-state index contributed by atoms with van der Waals surface area (Å²) in [7, 11) is 0. The second-order valence-electron chi connectivity index (χ2n) is 6.13. The van der Waals surface area contributed by atoms with Gasteiger partial charge in [0.25, 0.3) is 5.91 Å². The van der Waals surface area contributed by atoms with Crippen molar-refractivity contribution in [2.24, 2.45) is 0 Å². The number of carbonyl (C=O) groups is 2. The van der Waals surface area contributed by atoms with Gasteiger partial charge in [0, 0.05) is 22.8 Å². The molecule has 2 amide bonds. The Hall–Kier alpha value is -3.12. The molecular weight excluding hydrogens is 420 g/mol. The van der Waals surface area contributed by atoms with Crippen molar-refractivity contribution in [3.63, 3.8) is 0 Å². The van der Waals surface area contributed by atoms with E-state index in [-0.39, 0.29) is 11.8 Å². The lowest BCUT2D eigenvalue weighted by Crippen LogP contribution is -2.14. The van der Waals surface area contributed by atoms with Gasteiger partial charge in [-0.1, -0.05) is 40.2 Å². The molecule has 0 bridgehead atoms. The van der Waals surface area contributed by atoms with Crippen LogP contribution in [0, 0.1) is 0 Å². The molecule has 5 nitrogen and oxygen atoms in total. The van der Waals surface area contributed by atoms with Crippen LogP contribution in [0.5, 0.6) is 5.75 Å². The fourth-order valence-electron chi connectivity index (χ4n) is 2.61. The molecule has 3 rings (SSSR count). The molecule has 28 heavy (non-hydrogen) atoms. The molecule has 0 aromatic heterocycles. The highest BCUT2D eigenvalue weighted by Crippen LogP contribution is 2.22. The molecular formula is C22H19BrN2O3. The van der Waals surface area contributed by atoms with Gasteiger partial charge < -0.3 is 15.4 Å². The van der Waals surface area contributed by atoms with Gasteiger partial charge >= 0.3 is 0 Å². The van der Waals surface area contributed by atoms with E-state index in [0.717, 1.165) is 10.0 Å². The van der Waals surface area contributed by atoms with E-state index in [2.05, 4.69) is 26.6 Å². The van der Waals surface area contributed by atoms with Crippen molar-refractivity contribution in [3.05, 3.63) is 88.4 Å². The molecule has 0 atom stereocenters. The van der Waals surface area contributed by atoms with Crippen LogP contribution in [0.25, 0.3) is 0 Å². The first-order valence-electron chi connectivity index (χ1n) is 8.66. The Kier molecular flexibility index (Phi) is 6.45. The van der Waals surface area contributed by atoms with Crippen molar-refractivity contribution in [2.45, 2.75) is 13.5 Å². The molecule has 0 aliphatic heterocycles. The molecule has 0 fully saturated rings. The normalized spacial score (nSPS) is 10.2. The summed E-state index contributed by atoms with van der Waals surface area (Å²) in [4.78, 5) is 23.8. The van der Waals surface area contributed by atoms with Gasteiger partial charge in [0.05, 0.1) is 5.56 Å². The number of anilines is 2. The molecule has 0 saturated carbocycles. The van der Waals surface area contributed by atoms with Crippen molar-refractivity contribution in [1.29, 1.82) is 0 Å². The Balaban J connectivity index is 1.69. The Morgan fingerprint density at radius 1 is 0.893 bits per heavy atom. The second kappa shape index (κ2) is 9.19. The van der Waals surface area contributed by atoms with Gasteiger partial charge in [-0.3, -0.25) is 9.59 Å². The van der Waals surface area contributed by atoms with Crippen molar-refractivity contribution < 1.29 is 14.3 Å². The van der Waals surface area contributed by atoms with E-state index in [1.807, 2.05) is 30.3 Å². The Morgan fingerprint density at radius 2 is 1.57 bits per heavy atom. The fraction of sp³-hybridized carbons (Fsp3) is 0.0909. The SMILES string of the molecule is CC(=O)Nc1ccc(NC(=O)c2ccccc2OCc2cccc(Br)c2)cc1. The van der Waals surface area contributed by atoms with Crippen LogP contribution in [0.1, 0.15) is 22.8 Å². The molecule has 142 valence electrons. The quantitative estimate of drug-likeness (QED) is 0.552. The van der Waals surface area contributed by atoms with E-state index < -0.39 is 0 Å². The van der Waals surface area contributed by atoms with Gasteiger partial charge in [0.15, 0.2) is 0 Å². The third-order valence-corrected chi connectivity index (χ3v) is 4.37. The van der Waals surface area contributed by atoms with Crippen LogP contribution >= 0.6 is 15.9 Å². The monoisotopic (exact) mass is 438 g/mol. The number of hydrogen-bond donors (Lipinski definition) is 2. The van der Waals surface area contributed by atoms with Crippen molar-refractivity contribution in [1.82, 2.24) is 0 Å². The maximum absolute atomic E-state index is 12.7. The van der Waals surface area contributed by atoms with E-state index in [4.69, 9.17) is 4.74 Å². The summed E-state index contributed by atoms with van der Waals surface area (Å²) < 4.78 is 6.85. The van der Waals surface area contributed by atoms with Gasteiger partial charge in [0.2, 0.25) is 5.91 Å². The highest BCUT2D eigenvalue weighted by Gasteiger charge is 2.13. The summed E-state index contributed by atoms with van der Waals surface area (Å²) in [6, 6.07) is 21.8.